The van der Waals surface area contributed by atoms with Crippen LogP contribution in [0, 0.1) is 13.3 Å². The van der Waals surface area contributed by atoms with Crippen molar-refractivity contribution in [3.63, 3.8) is 0 Å². The summed E-state index contributed by atoms with van der Waals surface area (Å²) >= 11 is 0. The molecule has 0 N–H and O–H groups in total. The van der Waals surface area contributed by atoms with Crippen molar-refractivity contribution < 1.29 is 30.7 Å². The molecule has 0 aromatic heterocycles. The van der Waals surface area contributed by atoms with Gasteiger partial charge < -0.3 is 0 Å². The first-order chi connectivity index (χ1) is 11.2. The lowest BCUT2D eigenvalue weighted by molar-refractivity contribution is -0.325. The number of aryl methyl sites for hydroxylation is 1. The number of hydrogen-bond donors (Lipinski definition) is 0. The van der Waals surface area contributed by atoms with E-state index in [4.69, 9.17) is 0 Å². The van der Waals surface area contributed by atoms with Crippen LogP contribution >= 0.6 is 0 Å². The SMILES string of the molecule is CC1=CC(C(F)(C(F)(F)F)C(F)(F)F)=CC(C)(c2ccccc2C)[CH]1. The van der Waals surface area contributed by atoms with Gasteiger partial charge in [-0.2, -0.15) is 26.3 Å². The number of benzene rings is 1. The van der Waals surface area contributed by atoms with Gasteiger partial charge in [0.15, 0.2) is 0 Å². The van der Waals surface area contributed by atoms with E-state index in [9.17, 15) is 30.7 Å². The molecule has 1 unspecified atom stereocenters. The summed E-state index contributed by atoms with van der Waals surface area (Å²) in [5, 5.41) is 0. The van der Waals surface area contributed by atoms with Gasteiger partial charge in [0.2, 0.25) is 0 Å². The van der Waals surface area contributed by atoms with Crippen LogP contribution < -0.4 is 0 Å². The van der Waals surface area contributed by atoms with Gasteiger partial charge in [0, 0.05) is 17.4 Å². The summed E-state index contributed by atoms with van der Waals surface area (Å²) < 4.78 is 92.9. The fraction of sp³-hybridized carbons (Fsp3) is 0.389. The molecule has 0 amide bonds. The van der Waals surface area contributed by atoms with Gasteiger partial charge in [0.05, 0.1) is 0 Å². The van der Waals surface area contributed by atoms with E-state index in [1.54, 1.807) is 31.2 Å². The molecular formula is C18H16F7. The molecule has 0 heterocycles. The lowest BCUT2D eigenvalue weighted by Gasteiger charge is -2.38. The van der Waals surface area contributed by atoms with Gasteiger partial charge in [-0.3, -0.25) is 0 Å². The fourth-order valence-electron chi connectivity index (χ4n) is 3.19. The molecule has 0 saturated carbocycles. The first kappa shape index (κ1) is 19.5. The molecule has 1 aliphatic rings. The van der Waals surface area contributed by atoms with Gasteiger partial charge in [-0.05, 0) is 25.0 Å². The molecule has 137 valence electrons. The van der Waals surface area contributed by atoms with Crippen molar-refractivity contribution >= 4 is 0 Å². The average molecular weight is 365 g/mol. The summed E-state index contributed by atoms with van der Waals surface area (Å²) in [6, 6.07) is 6.60. The zero-order valence-corrected chi connectivity index (χ0v) is 13.7. The Morgan fingerprint density at radius 3 is 1.84 bits per heavy atom. The third-order valence-corrected chi connectivity index (χ3v) is 4.27. The van der Waals surface area contributed by atoms with Crippen LogP contribution in [-0.2, 0) is 5.41 Å². The maximum atomic E-state index is 14.4. The van der Waals surface area contributed by atoms with Gasteiger partial charge in [0.25, 0.3) is 0 Å². The molecule has 0 nitrogen and oxygen atoms in total. The molecule has 2 rings (SSSR count). The summed E-state index contributed by atoms with van der Waals surface area (Å²) in [7, 11) is 0. The van der Waals surface area contributed by atoms with Gasteiger partial charge >= 0.3 is 18.0 Å². The van der Waals surface area contributed by atoms with Crippen LogP contribution in [-0.4, -0.2) is 18.0 Å². The molecule has 1 atom stereocenters. The zero-order chi connectivity index (χ0) is 19.3. The molecular weight excluding hydrogens is 349 g/mol. The van der Waals surface area contributed by atoms with Crippen molar-refractivity contribution in [1.82, 2.24) is 0 Å². The predicted molar refractivity (Wildman–Crippen MR) is 80.6 cm³/mol. The Morgan fingerprint density at radius 2 is 1.36 bits per heavy atom. The van der Waals surface area contributed by atoms with Gasteiger partial charge in [0.1, 0.15) is 0 Å². The number of alkyl halides is 7. The molecule has 1 radical (unpaired) electrons. The van der Waals surface area contributed by atoms with Crippen LogP contribution in [0.1, 0.15) is 25.0 Å². The van der Waals surface area contributed by atoms with Gasteiger partial charge in [-0.25, -0.2) is 4.39 Å². The van der Waals surface area contributed by atoms with E-state index < -0.39 is 29.0 Å². The monoisotopic (exact) mass is 365 g/mol. The van der Waals surface area contributed by atoms with Crippen LogP contribution in [0.4, 0.5) is 30.7 Å². The number of halogens is 7. The normalized spacial score (nSPS) is 22.5. The molecule has 1 aromatic carbocycles. The highest BCUT2D eigenvalue weighted by atomic mass is 19.4. The second kappa shape index (κ2) is 5.88. The summed E-state index contributed by atoms with van der Waals surface area (Å²) in [6.45, 7) is 4.49. The average Bonchev–Trinajstić information content (AvgIpc) is 2.43. The van der Waals surface area contributed by atoms with Gasteiger partial charge in [-0.15, -0.1) is 0 Å². The zero-order valence-electron chi connectivity index (χ0n) is 13.7. The fourth-order valence-corrected chi connectivity index (χ4v) is 3.19. The highest BCUT2D eigenvalue weighted by Gasteiger charge is 2.74. The lowest BCUT2D eigenvalue weighted by Crippen LogP contribution is -2.55. The van der Waals surface area contributed by atoms with E-state index in [2.05, 4.69) is 0 Å². The van der Waals surface area contributed by atoms with Crippen molar-refractivity contribution in [2.24, 2.45) is 0 Å². The minimum atomic E-state index is -6.13. The minimum absolute atomic E-state index is 0.124. The maximum Gasteiger partial charge on any atom is 0.435 e. The van der Waals surface area contributed by atoms with Crippen molar-refractivity contribution in [2.75, 3.05) is 0 Å². The Kier molecular flexibility index (Phi) is 4.60. The third-order valence-electron chi connectivity index (χ3n) is 4.27. The smallest absolute Gasteiger partial charge is 0.218 e. The van der Waals surface area contributed by atoms with Crippen molar-refractivity contribution in [2.45, 2.75) is 44.2 Å². The largest absolute Gasteiger partial charge is 0.435 e. The minimum Gasteiger partial charge on any atom is -0.218 e. The summed E-state index contributed by atoms with van der Waals surface area (Å²) in [4.78, 5) is 0. The quantitative estimate of drug-likeness (QED) is 0.549. The van der Waals surface area contributed by atoms with E-state index in [0.29, 0.717) is 23.3 Å². The van der Waals surface area contributed by atoms with Crippen molar-refractivity contribution in [1.29, 1.82) is 0 Å². The number of hydrogen-bond acceptors (Lipinski definition) is 0. The maximum absolute atomic E-state index is 14.4. The molecule has 0 fully saturated rings. The Labute approximate surface area is 141 Å². The second-order valence-corrected chi connectivity index (χ2v) is 6.38. The highest BCUT2D eigenvalue weighted by Crippen LogP contribution is 2.53. The molecule has 0 aliphatic heterocycles. The van der Waals surface area contributed by atoms with Crippen LogP contribution in [0.2, 0.25) is 0 Å². The Bertz CT molecular complexity index is 708. The van der Waals surface area contributed by atoms with Crippen molar-refractivity contribution in [3.05, 3.63) is 65.1 Å². The number of allylic oxidation sites excluding steroid dienone is 4. The molecule has 7 heteroatoms. The molecule has 1 aromatic rings. The summed E-state index contributed by atoms with van der Waals surface area (Å²) in [5.41, 5.74) is -6.87. The van der Waals surface area contributed by atoms with Crippen LogP contribution in [0.5, 0.6) is 0 Å². The van der Waals surface area contributed by atoms with E-state index in [-0.39, 0.29) is 5.57 Å². The van der Waals surface area contributed by atoms with Crippen LogP contribution in [0.25, 0.3) is 0 Å². The molecule has 0 saturated heterocycles. The molecule has 0 spiro atoms. The van der Waals surface area contributed by atoms with Gasteiger partial charge in [-0.1, -0.05) is 48.9 Å². The van der Waals surface area contributed by atoms with E-state index in [1.807, 2.05) is 0 Å². The predicted octanol–water partition coefficient (Wildman–Crippen LogP) is 6.18. The van der Waals surface area contributed by atoms with E-state index in [0.717, 1.165) is 0 Å². The molecule has 25 heavy (non-hydrogen) atoms. The topological polar surface area (TPSA) is 0 Å². The lowest BCUT2D eigenvalue weighted by atomic mass is 9.69. The highest BCUT2D eigenvalue weighted by molar-refractivity contribution is 5.52. The first-order valence-corrected chi connectivity index (χ1v) is 7.38. The third kappa shape index (κ3) is 3.20. The molecule has 0 bridgehead atoms. The van der Waals surface area contributed by atoms with E-state index in [1.165, 1.54) is 20.3 Å². The standard InChI is InChI=1S/C18H16F7/c1-11-8-13(16(19,17(20,21)22)18(23,24)25)10-15(3,9-11)14-7-5-4-6-12(14)2/h4-10H,1-3H3. The van der Waals surface area contributed by atoms with Crippen LogP contribution in [0.3, 0.4) is 0 Å². The first-order valence-electron chi connectivity index (χ1n) is 7.38. The summed E-state index contributed by atoms with van der Waals surface area (Å²) in [5.74, 6) is 0. The number of rotatable bonds is 2. The summed E-state index contributed by atoms with van der Waals surface area (Å²) in [6.07, 6.45) is -9.42. The Balaban J connectivity index is 2.71. The van der Waals surface area contributed by atoms with E-state index >= 15 is 0 Å². The second-order valence-electron chi connectivity index (χ2n) is 6.38. The van der Waals surface area contributed by atoms with Crippen molar-refractivity contribution in [3.8, 4) is 0 Å². The Hall–Kier alpha value is -1.79. The Morgan fingerprint density at radius 1 is 0.840 bits per heavy atom. The van der Waals surface area contributed by atoms with Crippen LogP contribution in [0.15, 0.2) is 47.6 Å². The molecule has 1 aliphatic carbocycles.